The summed E-state index contributed by atoms with van der Waals surface area (Å²) in [6.45, 7) is 6.30. The summed E-state index contributed by atoms with van der Waals surface area (Å²) in [6, 6.07) is 8.54. The second-order valence-corrected chi connectivity index (χ2v) is 13.0. The second kappa shape index (κ2) is 10.1. The fraction of sp³-hybridized carbons (Fsp3) is 0.517. The van der Waals surface area contributed by atoms with Crippen molar-refractivity contribution in [1.82, 2.24) is 10.6 Å². The molecule has 4 N–H and O–H groups in total. The third-order valence-corrected chi connectivity index (χ3v) is 8.78. The van der Waals surface area contributed by atoms with E-state index in [1.165, 1.54) is 12.1 Å². The molecule has 1 spiro atoms. The van der Waals surface area contributed by atoms with E-state index in [0.717, 1.165) is 5.56 Å². The van der Waals surface area contributed by atoms with Gasteiger partial charge in [0, 0.05) is 28.7 Å². The Hall–Kier alpha value is -2.19. The quantitative estimate of drug-likeness (QED) is 0.407. The van der Waals surface area contributed by atoms with Crippen LogP contribution in [0.25, 0.3) is 0 Å². The monoisotopic (exact) mass is 561 g/mol. The number of rotatable bonds is 4. The molecule has 1 saturated carbocycles. The molecule has 6 nitrogen and oxygen atoms in total. The van der Waals surface area contributed by atoms with E-state index in [-0.39, 0.29) is 34.4 Å². The lowest BCUT2D eigenvalue weighted by molar-refractivity contribution is -0.124. The van der Waals surface area contributed by atoms with Gasteiger partial charge in [-0.1, -0.05) is 56.1 Å². The van der Waals surface area contributed by atoms with E-state index in [0.29, 0.717) is 48.4 Å². The Labute approximate surface area is 232 Å². The van der Waals surface area contributed by atoms with Gasteiger partial charge in [-0.05, 0) is 72.9 Å². The van der Waals surface area contributed by atoms with Gasteiger partial charge in [0.15, 0.2) is 0 Å². The minimum absolute atomic E-state index is 0.0629. The van der Waals surface area contributed by atoms with Gasteiger partial charge in [0.05, 0.1) is 17.2 Å². The van der Waals surface area contributed by atoms with E-state index < -0.39 is 29.2 Å². The predicted molar refractivity (Wildman–Crippen MR) is 147 cm³/mol. The third-order valence-electron chi connectivity index (χ3n) is 8.25. The fourth-order valence-corrected chi connectivity index (χ4v) is 7.00. The van der Waals surface area contributed by atoms with Crippen LogP contribution in [0.5, 0.6) is 0 Å². The van der Waals surface area contributed by atoms with Gasteiger partial charge in [-0.3, -0.25) is 9.59 Å². The topological polar surface area (TPSA) is 90.5 Å². The fourth-order valence-electron chi connectivity index (χ4n) is 6.64. The van der Waals surface area contributed by atoms with Crippen molar-refractivity contribution in [2.24, 2.45) is 5.41 Å². The zero-order valence-corrected chi connectivity index (χ0v) is 23.3. The summed E-state index contributed by atoms with van der Waals surface area (Å²) in [4.78, 5) is 28.1. The van der Waals surface area contributed by atoms with Crippen LogP contribution >= 0.6 is 23.2 Å². The van der Waals surface area contributed by atoms with Gasteiger partial charge in [-0.2, -0.15) is 0 Å². The molecule has 2 amide bonds. The Morgan fingerprint density at radius 2 is 1.84 bits per heavy atom. The van der Waals surface area contributed by atoms with E-state index in [4.69, 9.17) is 23.2 Å². The molecule has 2 aromatic carbocycles. The molecule has 3 aliphatic rings. The first-order valence-corrected chi connectivity index (χ1v) is 14.0. The zero-order chi connectivity index (χ0) is 27.4. The number of aliphatic hydroxyl groups is 1. The highest BCUT2D eigenvalue weighted by Gasteiger charge is 2.65. The number of halogens is 3. The van der Waals surface area contributed by atoms with Crippen LogP contribution in [0, 0.1) is 11.2 Å². The Balaban J connectivity index is 1.65. The van der Waals surface area contributed by atoms with Crippen molar-refractivity contribution in [2.45, 2.75) is 88.4 Å². The lowest BCUT2D eigenvalue weighted by atomic mass is 9.62. The Bertz CT molecular complexity index is 1260. The van der Waals surface area contributed by atoms with Crippen LogP contribution in [0.4, 0.5) is 10.1 Å². The minimum Gasteiger partial charge on any atom is -0.393 e. The number of aliphatic hydroxyl groups excluding tert-OH is 1. The number of fused-ring (bicyclic) bond motifs is 2. The summed E-state index contributed by atoms with van der Waals surface area (Å²) in [5, 5.41) is 20.1. The van der Waals surface area contributed by atoms with Gasteiger partial charge in [-0.15, -0.1) is 0 Å². The van der Waals surface area contributed by atoms with Crippen molar-refractivity contribution in [2.75, 3.05) is 5.32 Å². The van der Waals surface area contributed by atoms with E-state index >= 15 is 0 Å². The average Bonchev–Trinajstić information content (AvgIpc) is 3.31. The van der Waals surface area contributed by atoms with Crippen molar-refractivity contribution in [3.63, 3.8) is 0 Å². The molecule has 2 aliphatic heterocycles. The van der Waals surface area contributed by atoms with Crippen molar-refractivity contribution in [3.8, 4) is 0 Å². The van der Waals surface area contributed by atoms with Crippen LogP contribution in [0.2, 0.25) is 10.0 Å². The predicted octanol–water partition coefficient (Wildman–Crippen LogP) is 5.30. The summed E-state index contributed by atoms with van der Waals surface area (Å²) >= 11 is 12.5. The zero-order valence-electron chi connectivity index (χ0n) is 21.8. The van der Waals surface area contributed by atoms with Crippen LogP contribution < -0.4 is 16.0 Å². The third kappa shape index (κ3) is 4.83. The lowest BCUT2D eigenvalue weighted by Crippen LogP contribution is -2.49. The first-order valence-electron chi connectivity index (χ1n) is 13.2. The van der Waals surface area contributed by atoms with Crippen LogP contribution in [0.3, 0.4) is 0 Å². The molecular weight excluding hydrogens is 528 g/mol. The molecule has 1 saturated heterocycles. The maximum Gasteiger partial charge on any atom is 0.238 e. The number of amides is 2. The maximum atomic E-state index is 14.3. The standard InChI is InChI=1S/C29H34Cl2FN3O3/c1-28(2,3)14-23-29(19-10-5-16(30)13-22(19)34-27(29)38)24(15-4-11-21(32)20(31)12-15)25(35-23)26(37)33-17-6-8-18(36)9-7-17/h4-5,10-13,17-18,23-25,35-36H,6-9,14H2,1-3H3,(H,33,37)(H,34,38)/t17?,18?,23-,24+,25-,29+/m1/s1. The van der Waals surface area contributed by atoms with Crippen LogP contribution in [0.15, 0.2) is 36.4 Å². The van der Waals surface area contributed by atoms with Gasteiger partial charge in [0.2, 0.25) is 11.8 Å². The van der Waals surface area contributed by atoms with Gasteiger partial charge >= 0.3 is 0 Å². The molecule has 9 heteroatoms. The number of nitrogens with one attached hydrogen (secondary N) is 3. The summed E-state index contributed by atoms with van der Waals surface area (Å²) in [6.07, 6.45) is 2.90. The summed E-state index contributed by atoms with van der Waals surface area (Å²) < 4.78 is 14.3. The molecule has 2 fully saturated rings. The van der Waals surface area contributed by atoms with Gasteiger partial charge in [-0.25, -0.2) is 4.39 Å². The molecule has 2 heterocycles. The van der Waals surface area contributed by atoms with Gasteiger partial charge in [0.1, 0.15) is 11.2 Å². The minimum atomic E-state index is -1.15. The molecule has 2 aromatic rings. The number of hydrogen-bond acceptors (Lipinski definition) is 4. The molecule has 4 atom stereocenters. The smallest absolute Gasteiger partial charge is 0.238 e. The highest BCUT2D eigenvalue weighted by atomic mass is 35.5. The maximum absolute atomic E-state index is 14.3. The average molecular weight is 563 g/mol. The largest absolute Gasteiger partial charge is 0.393 e. The normalized spacial score (nSPS) is 30.8. The molecule has 0 bridgehead atoms. The van der Waals surface area contributed by atoms with Crippen molar-refractivity contribution < 1.29 is 19.1 Å². The second-order valence-electron chi connectivity index (χ2n) is 12.1. The summed E-state index contributed by atoms with van der Waals surface area (Å²) in [7, 11) is 0. The first-order chi connectivity index (χ1) is 17.9. The Kier molecular flexibility index (Phi) is 7.27. The molecule has 1 aliphatic carbocycles. The molecule has 204 valence electrons. The van der Waals surface area contributed by atoms with E-state index in [1.54, 1.807) is 18.2 Å². The van der Waals surface area contributed by atoms with Gasteiger partial charge in [0.25, 0.3) is 0 Å². The van der Waals surface area contributed by atoms with Crippen LogP contribution in [-0.2, 0) is 15.0 Å². The molecular formula is C29H34Cl2FN3O3. The number of hydrogen-bond donors (Lipinski definition) is 4. The number of carbonyl (C=O) groups excluding carboxylic acids is 2. The summed E-state index contributed by atoms with van der Waals surface area (Å²) in [5.74, 6) is -1.67. The van der Waals surface area contributed by atoms with Gasteiger partial charge < -0.3 is 21.1 Å². The SMILES string of the molecule is CC(C)(C)C[C@H]1N[C@@H](C(=O)NC2CCC(O)CC2)[C@H](c2ccc(F)c(Cl)c2)[C@@]12C(=O)Nc1cc(Cl)ccc12. The Morgan fingerprint density at radius 3 is 2.50 bits per heavy atom. The van der Waals surface area contributed by atoms with Crippen LogP contribution in [-0.4, -0.2) is 41.2 Å². The lowest BCUT2D eigenvalue weighted by Gasteiger charge is -2.37. The number of carbonyl (C=O) groups is 2. The van der Waals surface area contributed by atoms with E-state index in [1.807, 2.05) is 6.07 Å². The first kappa shape index (κ1) is 27.4. The summed E-state index contributed by atoms with van der Waals surface area (Å²) in [5.41, 5.74) is 0.658. The molecule has 38 heavy (non-hydrogen) atoms. The van der Waals surface area contributed by atoms with Crippen molar-refractivity contribution >= 4 is 40.7 Å². The molecule has 0 unspecified atom stereocenters. The number of benzene rings is 2. The Morgan fingerprint density at radius 1 is 1.13 bits per heavy atom. The molecule has 0 aromatic heterocycles. The van der Waals surface area contributed by atoms with Crippen molar-refractivity contribution in [1.29, 1.82) is 0 Å². The van der Waals surface area contributed by atoms with Crippen LogP contribution in [0.1, 0.15) is 69.9 Å². The number of anilines is 1. The molecule has 0 radical (unpaired) electrons. The van der Waals surface area contributed by atoms with E-state index in [9.17, 15) is 19.1 Å². The highest BCUT2D eigenvalue weighted by Crippen LogP contribution is 2.56. The van der Waals surface area contributed by atoms with E-state index in [2.05, 4.69) is 36.7 Å². The van der Waals surface area contributed by atoms with Crippen molar-refractivity contribution in [3.05, 3.63) is 63.4 Å². The molecule has 5 rings (SSSR count). The highest BCUT2D eigenvalue weighted by molar-refractivity contribution is 6.31.